The van der Waals surface area contributed by atoms with Gasteiger partial charge in [0.15, 0.2) is 11.4 Å². The van der Waals surface area contributed by atoms with Crippen molar-refractivity contribution < 1.29 is 18.3 Å². The average molecular weight is 344 g/mol. The number of hydrogen-bond donors (Lipinski definition) is 2. The molecule has 0 saturated carbocycles. The lowest BCUT2D eigenvalue weighted by Gasteiger charge is -2.27. The van der Waals surface area contributed by atoms with Crippen LogP contribution < -0.4 is 15.4 Å². The molecule has 1 aliphatic heterocycles. The van der Waals surface area contributed by atoms with Crippen molar-refractivity contribution in [2.24, 2.45) is 5.92 Å². The second-order valence-corrected chi connectivity index (χ2v) is 4.29. The Hall–Kier alpha value is -1.18. The molecule has 5 nitrogen and oxygen atoms in total. The number of halogens is 4. The summed E-state index contributed by atoms with van der Waals surface area (Å²) in [6, 6.07) is 2.99. The molecule has 2 N–H and O–H groups in total. The van der Waals surface area contributed by atoms with Crippen molar-refractivity contribution in [3.8, 4) is 5.75 Å². The summed E-state index contributed by atoms with van der Waals surface area (Å²) in [6.45, 7) is 1.53. The second kappa shape index (κ2) is 9.70. The largest absolute Gasteiger partial charge is 0.485 e. The van der Waals surface area contributed by atoms with Crippen molar-refractivity contribution in [3.05, 3.63) is 24.0 Å². The summed E-state index contributed by atoms with van der Waals surface area (Å²) in [4.78, 5) is 15.8. The number of nitrogens with one attached hydrogen (secondary N) is 2. The number of alkyl halides is 2. The van der Waals surface area contributed by atoms with Gasteiger partial charge in [0.1, 0.15) is 6.61 Å². The van der Waals surface area contributed by atoms with Gasteiger partial charge in [-0.05, 0) is 12.1 Å². The highest BCUT2D eigenvalue weighted by Crippen LogP contribution is 2.16. The van der Waals surface area contributed by atoms with Gasteiger partial charge in [-0.2, -0.15) is 0 Å². The molecule has 0 unspecified atom stereocenters. The number of carbonyl (C=O) groups excluding carboxylic acids is 1. The summed E-state index contributed by atoms with van der Waals surface area (Å²) in [5.74, 6) is 0.0851. The zero-order valence-electron chi connectivity index (χ0n) is 11.1. The fourth-order valence-corrected chi connectivity index (χ4v) is 1.64. The van der Waals surface area contributed by atoms with Gasteiger partial charge < -0.3 is 15.4 Å². The molecule has 120 valence electrons. The number of aromatic nitrogens is 1. The van der Waals surface area contributed by atoms with Gasteiger partial charge in [0, 0.05) is 31.7 Å². The van der Waals surface area contributed by atoms with E-state index >= 15 is 0 Å². The van der Waals surface area contributed by atoms with Crippen LogP contribution in [0.3, 0.4) is 0 Å². The molecule has 1 aromatic rings. The summed E-state index contributed by atoms with van der Waals surface area (Å²) in [7, 11) is 0. The van der Waals surface area contributed by atoms with Gasteiger partial charge in [0.25, 0.3) is 12.3 Å². The Labute approximate surface area is 133 Å². The summed E-state index contributed by atoms with van der Waals surface area (Å²) < 4.78 is 29.1. The number of amides is 1. The Morgan fingerprint density at radius 1 is 1.48 bits per heavy atom. The molecular weight excluding hydrogens is 327 g/mol. The van der Waals surface area contributed by atoms with Crippen molar-refractivity contribution in [3.63, 3.8) is 0 Å². The molecule has 2 heterocycles. The van der Waals surface area contributed by atoms with E-state index in [0.29, 0.717) is 12.5 Å². The van der Waals surface area contributed by atoms with Crippen molar-refractivity contribution >= 4 is 30.7 Å². The first kappa shape index (κ1) is 19.8. The quantitative estimate of drug-likeness (QED) is 0.821. The monoisotopic (exact) mass is 343 g/mol. The Morgan fingerprint density at radius 3 is 2.76 bits per heavy atom. The van der Waals surface area contributed by atoms with E-state index in [4.69, 9.17) is 4.74 Å². The van der Waals surface area contributed by atoms with Crippen molar-refractivity contribution in [1.29, 1.82) is 0 Å². The summed E-state index contributed by atoms with van der Waals surface area (Å²) >= 11 is 0. The summed E-state index contributed by atoms with van der Waals surface area (Å²) in [5.41, 5.74) is 0.0374. The summed E-state index contributed by atoms with van der Waals surface area (Å²) in [6.07, 6.45) is -1.16. The highest BCUT2D eigenvalue weighted by atomic mass is 35.5. The Morgan fingerprint density at radius 2 is 2.19 bits per heavy atom. The van der Waals surface area contributed by atoms with Gasteiger partial charge in [0.05, 0.1) is 0 Å². The van der Waals surface area contributed by atoms with E-state index in [1.807, 2.05) is 0 Å². The lowest BCUT2D eigenvalue weighted by atomic mass is 10.0. The van der Waals surface area contributed by atoms with Crippen LogP contribution in [0.5, 0.6) is 5.75 Å². The fraction of sp³-hybridized carbons (Fsp3) is 0.500. The average Bonchev–Trinajstić information content (AvgIpc) is 2.34. The highest BCUT2D eigenvalue weighted by molar-refractivity contribution is 5.94. The van der Waals surface area contributed by atoms with Gasteiger partial charge >= 0.3 is 0 Å². The molecule has 1 fully saturated rings. The van der Waals surface area contributed by atoms with Crippen LogP contribution in [0.2, 0.25) is 0 Å². The van der Waals surface area contributed by atoms with Crippen molar-refractivity contribution in [1.82, 2.24) is 15.6 Å². The van der Waals surface area contributed by atoms with Gasteiger partial charge in [-0.25, -0.2) is 13.8 Å². The van der Waals surface area contributed by atoms with Crippen LogP contribution in [-0.4, -0.2) is 43.6 Å². The molecule has 21 heavy (non-hydrogen) atoms. The molecule has 1 aliphatic rings. The lowest BCUT2D eigenvalue weighted by molar-refractivity contribution is 0.0789. The Bertz CT molecular complexity index is 448. The predicted octanol–water partition coefficient (Wildman–Crippen LogP) is 1.52. The first-order chi connectivity index (χ1) is 9.16. The third-order valence-corrected chi connectivity index (χ3v) is 2.77. The van der Waals surface area contributed by atoms with Crippen LogP contribution >= 0.6 is 24.8 Å². The van der Waals surface area contributed by atoms with Crippen molar-refractivity contribution in [2.45, 2.75) is 6.43 Å². The van der Waals surface area contributed by atoms with Crippen molar-refractivity contribution in [2.75, 3.05) is 26.2 Å². The minimum atomic E-state index is -2.59. The maximum atomic E-state index is 12.1. The molecule has 0 spiro atoms. The van der Waals surface area contributed by atoms with Gasteiger partial charge in [-0.15, -0.1) is 24.8 Å². The number of carbonyl (C=O) groups is 1. The third kappa shape index (κ3) is 5.99. The van der Waals surface area contributed by atoms with E-state index in [1.54, 1.807) is 0 Å². The molecule has 0 aliphatic carbocycles. The number of hydrogen-bond acceptors (Lipinski definition) is 4. The number of ether oxygens (including phenoxy) is 1. The first-order valence-corrected chi connectivity index (χ1v) is 6.01. The van der Waals surface area contributed by atoms with E-state index in [-0.39, 0.29) is 36.3 Å². The van der Waals surface area contributed by atoms with Gasteiger partial charge in [-0.3, -0.25) is 4.79 Å². The molecule has 0 bridgehead atoms. The summed E-state index contributed by atoms with van der Waals surface area (Å²) in [5, 5.41) is 5.81. The molecule has 1 aromatic heterocycles. The molecule has 9 heteroatoms. The van der Waals surface area contributed by atoms with E-state index in [0.717, 1.165) is 13.1 Å². The Kier molecular flexibility index (Phi) is 9.16. The predicted molar refractivity (Wildman–Crippen MR) is 78.9 cm³/mol. The molecule has 1 amide bonds. The van der Waals surface area contributed by atoms with Crippen LogP contribution in [0.25, 0.3) is 0 Å². The smallest absolute Gasteiger partial charge is 0.273 e. The maximum absolute atomic E-state index is 12.1. The molecule has 0 radical (unpaired) electrons. The van der Waals surface area contributed by atoms with Gasteiger partial charge in [-0.1, -0.05) is 0 Å². The van der Waals surface area contributed by atoms with Crippen LogP contribution in [0.15, 0.2) is 18.3 Å². The third-order valence-electron chi connectivity index (χ3n) is 2.77. The van der Waals surface area contributed by atoms with E-state index in [2.05, 4.69) is 15.6 Å². The number of rotatable bonds is 6. The van der Waals surface area contributed by atoms with E-state index < -0.39 is 18.9 Å². The molecular formula is C12H17Cl2F2N3O2. The van der Waals surface area contributed by atoms with E-state index in [1.165, 1.54) is 18.3 Å². The zero-order chi connectivity index (χ0) is 13.7. The molecule has 1 saturated heterocycles. The van der Waals surface area contributed by atoms with Crippen LogP contribution in [0.4, 0.5) is 8.78 Å². The number of pyridine rings is 1. The van der Waals surface area contributed by atoms with Crippen LogP contribution in [0.1, 0.15) is 10.5 Å². The lowest BCUT2D eigenvalue weighted by Crippen LogP contribution is -2.48. The second-order valence-electron chi connectivity index (χ2n) is 4.29. The molecule has 0 atom stereocenters. The number of nitrogens with zero attached hydrogens (tertiary/aromatic N) is 1. The van der Waals surface area contributed by atoms with Gasteiger partial charge in [0.2, 0.25) is 0 Å². The minimum Gasteiger partial charge on any atom is -0.485 e. The Balaban J connectivity index is 0.00000200. The topological polar surface area (TPSA) is 63.2 Å². The molecule has 0 aromatic carbocycles. The maximum Gasteiger partial charge on any atom is 0.273 e. The zero-order valence-corrected chi connectivity index (χ0v) is 12.7. The highest BCUT2D eigenvalue weighted by Gasteiger charge is 2.20. The SMILES string of the molecule is Cl.Cl.O=C(NCC1CNC1)c1ncccc1OCC(F)F. The standard InChI is InChI=1S/C12H15F2N3O2.2ClH/c13-10(14)7-19-9-2-1-3-16-11(9)12(18)17-6-8-4-15-5-8;;/h1-3,8,10,15H,4-7H2,(H,17,18);2*1H. The normalized spacial score (nSPS) is 13.7. The van der Waals surface area contributed by atoms with E-state index in [9.17, 15) is 13.6 Å². The first-order valence-electron chi connectivity index (χ1n) is 6.01. The van der Waals surface area contributed by atoms with Crippen LogP contribution in [0, 0.1) is 5.92 Å². The fourth-order valence-electron chi connectivity index (χ4n) is 1.64. The van der Waals surface area contributed by atoms with Crippen LogP contribution in [-0.2, 0) is 0 Å². The molecule has 2 rings (SSSR count). The minimum absolute atomic E-state index is 0.